The zero-order chi connectivity index (χ0) is 15.3. The number of hydrogen-bond acceptors (Lipinski definition) is 4. The Morgan fingerprint density at radius 2 is 1.85 bits per heavy atom. The molecular weight excluding hydrogens is 288 g/mol. The smallest absolute Gasteiger partial charge is 0.145 e. The highest BCUT2D eigenvalue weighted by atomic mass is 32.2. The first-order valence-electron chi connectivity index (χ1n) is 7.40. The van der Waals surface area contributed by atoms with Crippen LogP contribution in [0.3, 0.4) is 0 Å². The quantitative estimate of drug-likeness (QED) is 0.752. The third-order valence-corrected chi connectivity index (χ3v) is 7.66. The van der Waals surface area contributed by atoms with Crippen molar-refractivity contribution in [2.24, 2.45) is 17.3 Å². The average Bonchev–Trinajstić information content (AvgIpc) is 2.46. The molecule has 0 aliphatic carbocycles. The van der Waals surface area contributed by atoms with Crippen LogP contribution >= 0.6 is 23.5 Å². The zero-order valence-corrected chi connectivity index (χ0v) is 14.9. The molecule has 4 heteroatoms. The van der Waals surface area contributed by atoms with E-state index in [2.05, 4.69) is 0 Å². The van der Waals surface area contributed by atoms with Crippen LogP contribution in [0.15, 0.2) is 12.2 Å². The minimum Gasteiger partial charge on any atom is -0.392 e. The average molecular weight is 317 g/mol. The molecule has 1 N–H and O–H groups in total. The molecule has 0 aromatic rings. The van der Waals surface area contributed by atoms with Crippen molar-refractivity contribution in [2.45, 2.75) is 51.7 Å². The topological polar surface area (TPSA) is 37.3 Å². The van der Waals surface area contributed by atoms with Gasteiger partial charge in [0.15, 0.2) is 0 Å². The van der Waals surface area contributed by atoms with Gasteiger partial charge < -0.3 is 5.11 Å². The van der Waals surface area contributed by atoms with Crippen LogP contribution in [0.4, 0.5) is 0 Å². The molecule has 1 saturated heterocycles. The van der Waals surface area contributed by atoms with E-state index in [0.717, 1.165) is 11.5 Å². The van der Waals surface area contributed by atoms with Gasteiger partial charge in [0, 0.05) is 17.3 Å². The van der Waals surface area contributed by atoms with E-state index in [9.17, 15) is 9.90 Å². The fourth-order valence-electron chi connectivity index (χ4n) is 2.64. The molecule has 2 nitrogen and oxygen atoms in total. The first-order valence-corrected chi connectivity index (χ1v) is 9.50. The fourth-order valence-corrected chi connectivity index (χ4v) is 5.90. The Morgan fingerprint density at radius 1 is 1.30 bits per heavy atom. The summed E-state index contributed by atoms with van der Waals surface area (Å²) in [6.07, 6.45) is 4.53. The zero-order valence-electron chi connectivity index (χ0n) is 13.3. The Hall–Kier alpha value is 0.0700. The minimum absolute atomic E-state index is 0.0152. The first kappa shape index (κ1) is 18.1. The highest BCUT2D eigenvalue weighted by Gasteiger charge is 2.42. The Morgan fingerprint density at radius 3 is 2.35 bits per heavy atom. The van der Waals surface area contributed by atoms with Crippen LogP contribution in [-0.2, 0) is 4.79 Å². The van der Waals surface area contributed by atoms with Crippen molar-refractivity contribution in [2.75, 3.05) is 11.5 Å². The van der Waals surface area contributed by atoms with E-state index in [-0.39, 0.29) is 23.0 Å². The van der Waals surface area contributed by atoms with Crippen LogP contribution in [0, 0.1) is 17.3 Å². The molecule has 0 saturated carbocycles. The number of thioether (sulfide) groups is 2. The van der Waals surface area contributed by atoms with Crippen molar-refractivity contribution >= 4 is 29.3 Å². The van der Waals surface area contributed by atoms with Gasteiger partial charge in [0.2, 0.25) is 0 Å². The van der Waals surface area contributed by atoms with Crippen molar-refractivity contribution in [3.05, 3.63) is 12.2 Å². The highest BCUT2D eigenvalue weighted by Crippen LogP contribution is 2.44. The number of hydrogen-bond donors (Lipinski definition) is 1. The van der Waals surface area contributed by atoms with Crippen molar-refractivity contribution in [1.82, 2.24) is 0 Å². The van der Waals surface area contributed by atoms with Crippen molar-refractivity contribution in [3.8, 4) is 0 Å². The van der Waals surface area contributed by atoms with E-state index in [1.54, 1.807) is 0 Å². The number of aliphatic hydroxyl groups excluding tert-OH is 1. The lowest BCUT2D eigenvalue weighted by atomic mass is 9.78. The van der Waals surface area contributed by atoms with E-state index < -0.39 is 6.10 Å². The molecule has 0 bridgehead atoms. The number of Topliss-reactive ketones (excluding diaryl/α,β-unsaturated/α-hetero) is 1. The molecule has 1 aliphatic rings. The molecule has 0 radical (unpaired) electrons. The first-order chi connectivity index (χ1) is 9.32. The van der Waals surface area contributed by atoms with E-state index >= 15 is 0 Å². The van der Waals surface area contributed by atoms with Crippen LogP contribution in [0.2, 0.25) is 0 Å². The molecule has 116 valence electrons. The second-order valence-electron chi connectivity index (χ2n) is 6.18. The van der Waals surface area contributed by atoms with E-state index in [0.29, 0.717) is 4.58 Å². The van der Waals surface area contributed by atoms with Crippen LogP contribution in [0.5, 0.6) is 0 Å². The third kappa shape index (κ3) is 4.28. The molecule has 20 heavy (non-hydrogen) atoms. The summed E-state index contributed by atoms with van der Waals surface area (Å²) in [5.41, 5.74) is -0.383. The monoisotopic (exact) mass is 316 g/mol. The van der Waals surface area contributed by atoms with Gasteiger partial charge in [-0.15, -0.1) is 23.5 Å². The van der Waals surface area contributed by atoms with Gasteiger partial charge in [-0.25, -0.2) is 0 Å². The van der Waals surface area contributed by atoms with Crippen molar-refractivity contribution in [1.29, 1.82) is 0 Å². The van der Waals surface area contributed by atoms with Gasteiger partial charge in [-0.2, -0.15) is 0 Å². The Balaban J connectivity index is 2.75. The third-order valence-electron chi connectivity index (χ3n) is 4.01. The summed E-state index contributed by atoms with van der Waals surface area (Å²) in [6, 6.07) is 0. The molecule has 3 atom stereocenters. The Labute approximate surface area is 132 Å². The predicted octanol–water partition coefficient (Wildman–Crippen LogP) is 3.99. The van der Waals surface area contributed by atoms with Crippen LogP contribution < -0.4 is 0 Å². The number of aliphatic hydroxyl groups is 1. The lowest BCUT2D eigenvalue weighted by Crippen LogP contribution is -2.43. The summed E-state index contributed by atoms with van der Waals surface area (Å²) < 4.78 is 0.315. The summed E-state index contributed by atoms with van der Waals surface area (Å²) in [7, 11) is 0. The van der Waals surface area contributed by atoms with Crippen molar-refractivity contribution < 1.29 is 9.90 Å². The normalized spacial score (nSPS) is 22.7. The number of ketones is 1. The van der Waals surface area contributed by atoms with Gasteiger partial charge in [0.1, 0.15) is 5.78 Å². The number of carbonyl (C=O) groups excluding carboxylic acids is 1. The molecule has 0 spiro atoms. The van der Waals surface area contributed by atoms with Gasteiger partial charge in [0.25, 0.3) is 0 Å². The van der Waals surface area contributed by atoms with Gasteiger partial charge >= 0.3 is 0 Å². The summed E-state index contributed by atoms with van der Waals surface area (Å²) in [4.78, 5) is 12.8. The Kier molecular flexibility index (Phi) is 7.16. The molecule has 0 aromatic carbocycles. The summed E-state index contributed by atoms with van der Waals surface area (Å²) in [5.74, 6) is 2.16. The highest BCUT2D eigenvalue weighted by molar-refractivity contribution is 8.17. The standard InChI is InChI=1S/C16H28O2S2/c1-6-8-11(2)13(17)12(3)14(18)16(4,5)15-19-9-7-10-20-15/h6,8,11-13,15,17H,7,9-10H2,1-5H3/t11-,12+,13-/m0/s1. The number of carbonyl (C=O) groups is 1. The molecular formula is C16H28O2S2. The SMILES string of the molecule is CC=C[C@H](C)[C@H](O)[C@@H](C)C(=O)C(C)(C)C1SCCCS1. The summed E-state index contributed by atoms with van der Waals surface area (Å²) in [6.45, 7) is 9.84. The molecule has 1 aliphatic heterocycles. The molecule has 1 fully saturated rings. The second kappa shape index (κ2) is 7.90. The van der Waals surface area contributed by atoms with Gasteiger partial charge in [-0.1, -0.05) is 39.8 Å². The molecule has 1 rings (SSSR count). The maximum absolute atomic E-state index is 12.8. The molecule has 0 amide bonds. The minimum atomic E-state index is -0.600. The second-order valence-corrected chi connectivity index (χ2v) is 8.90. The summed E-state index contributed by atoms with van der Waals surface area (Å²) in [5, 5.41) is 10.4. The molecule has 0 unspecified atom stereocenters. The van der Waals surface area contributed by atoms with Crippen LogP contribution in [0.1, 0.15) is 41.0 Å². The summed E-state index contributed by atoms with van der Waals surface area (Å²) >= 11 is 3.79. The molecule has 1 heterocycles. The maximum Gasteiger partial charge on any atom is 0.145 e. The number of rotatable bonds is 6. The van der Waals surface area contributed by atoms with Crippen LogP contribution in [0.25, 0.3) is 0 Å². The predicted molar refractivity (Wildman–Crippen MR) is 91.3 cm³/mol. The van der Waals surface area contributed by atoms with Gasteiger partial charge in [-0.3, -0.25) is 4.79 Å². The fraction of sp³-hybridized carbons (Fsp3) is 0.812. The lowest BCUT2D eigenvalue weighted by Gasteiger charge is -2.37. The van der Waals surface area contributed by atoms with E-state index in [1.165, 1.54) is 6.42 Å². The molecule has 0 aromatic heterocycles. The van der Waals surface area contributed by atoms with E-state index in [1.807, 2.05) is 70.3 Å². The maximum atomic E-state index is 12.8. The van der Waals surface area contributed by atoms with Crippen molar-refractivity contribution in [3.63, 3.8) is 0 Å². The van der Waals surface area contributed by atoms with E-state index in [4.69, 9.17) is 0 Å². The lowest BCUT2D eigenvalue weighted by molar-refractivity contribution is -0.134. The largest absolute Gasteiger partial charge is 0.392 e. The van der Waals surface area contributed by atoms with Crippen LogP contribution in [-0.4, -0.2) is 33.1 Å². The van der Waals surface area contributed by atoms with Gasteiger partial charge in [0.05, 0.1) is 10.7 Å². The van der Waals surface area contributed by atoms with Gasteiger partial charge in [-0.05, 0) is 24.9 Å². The number of allylic oxidation sites excluding steroid dienone is 1. The Bertz CT molecular complexity index is 346.